The number of thiazole rings is 1. The molecule has 4 N–H and O–H groups in total. The van der Waals surface area contributed by atoms with Crippen LogP contribution in [0.4, 0.5) is 4.79 Å². The first-order valence-corrected chi connectivity index (χ1v) is 20.7. The van der Waals surface area contributed by atoms with Crippen LogP contribution in [-0.2, 0) is 19.1 Å². The van der Waals surface area contributed by atoms with E-state index in [1.807, 2.05) is 18.6 Å². The number of ether oxygens (including phenoxy) is 1. The molecule has 0 unspecified atom stereocenters. The summed E-state index contributed by atoms with van der Waals surface area (Å²) < 4.78 is 6.91. The number of rotatable bonds is 7. The fraction of sp³-hybridized carbons (Fsp3) is 0.486. The highest BCUT2D eigenvalue weighted by molar-refractivity contribution is 7.32. The van der Waals surface area contributed by atoms with Gasteiger partial charge in [0.05, 0.1) is 64.7 Å². The first-order valence-electron chi connectivity index (χ1n) is 18.2. The number of aromatic nitrogens is 5. The van der Waals surface area contributed by atoms with Crippen LogP contribution in [0.3, 0.4) is 0 Å². The second-order valence-corrected chi connectivity index (χ2v) is 15.5. The van der Waals surface area contributed by atoms with Crippen LogP contribution >= 0.6 is 34.0 Å². The fourth-order valence-electron chi connectivity index (χ4n) is 4.94. The maximum atomic E-state index is 11.3. The SMILES string of the molecule is CC(=O)NCC(=O)N1CCCC1.CCC.CCC.COC(=O)NCC(=O)N1CCCC1.c1ncc(-c2cnc(-c3cc4sc(-c5cnc[nH]5)cc4s3)s2)[nH]1. The van der Waals surface area contributed by atoms with E-state index in [1.165, 1.54) is 46.0 Å². The molecule has 2 fully saturated rings. The Morgan fingerprint density at radius 1 is 0.704 bits per heavy atom. The molecule has 0 aliphatic carbocycles. The zero-order valence-electron chi connectivity index (χ0n) is 32.0. The van der Waals surface area contributed by atoms with E-state index in [1.54, 1.807) is 56.5 Å². The molecule has 5 aromatic heterocycles. The summed E-state index contributed by atoms with van der Waals surface area (Å²) in [4.78, 5) is 69.7. The van der Waals surface area contributed by atoms with E-state index >= 15 is 0 Å². The van der Waals surface area contributed by atoms with Crippen molar-refractivity contribution in [2.75, 3.05) is 46.4 Å². The summed E-state index contributed by atoms with van der Waals surface area (Å²) >= 11 is 5.23. The molecule has 5 aromatic rings. The van der Waals surface area contributed by atoms with Crippen LogP contribution in [0.1, 0.15) is 73.1 Å². The Morgan fingerprint density at radius 2 is 1.17 bits per heavy atom. The van der Waals surface area contributed by atoms with E-state index in [2.05, 4.69) is 80.1 Å². The number of nitrogens with zero attached hydrogens (tertiary/aromatic N) is 5. The molecule has 0 bridgehead atoms. The van der Waals surface area contributed by atoms with Crippen molar-refractivity contribution in [1.82, 2.24) is 45.4 Å². The summed E-state index contributed by atoms with van der Waals surface area (Å²) in [5, 5.41) is 5.90. The third-order valence-corrected chi connectivity index (χ3v) is 11.0. The highest BCUT2D eigenvalue weighted by atomic mass is 32.1. The van der Waals surface area contributed by atoms with Crippen molar-refractivity contribution in [2.45, 2.75) is 73.1 Å². The lowest BCUT2D eigenvalue weighted by atomic mass is 10.3. The second-order valence-electron chi connectivity index (χ2n) is 12.3. The highest BCUT2D eigenvalue weighted by Gasteiger charge is 2.19. The van der Waals surface area contributed by atoms with E-state index < -0.39 is 6.09 Å². The molecule has 0 spiro atoms. The van der Waals surface area contributed by atoms with E-state index in [0.717, 1.165) is 73.1 Å². The number of amides is 4. The van der Waals surface area contributed by atoms with Gasteiger partial charge in [-0.3, -0.25) is 14.4 Å². The normalized spacial score (nSPS) is 12.9. The van der Waals surface area contributed by atoms with Crippen molar-refractivity contribution in [3.63, 3.8) is 0 Å². The number of imidazole rings is 2. The van der Waals surface area contributed by atoms with Crippen molar-refractivity contribution < 1.29 is 23.9 Å². The predicted octanol–water partition coefficient (Wildman–Crippen LogP) is 7.41. The quantitative estimate of drug-likeness (QED) is 0.132. The third-order valence-electron chi connectivity index (χ3n) is 7.43. The zero-order chi connectivity index (χ0) is 39.3. The number of methoxy groups -OCH3 is 1. The van der Waals surface area contributed by atoms with E-state index in [4.69, 9.17) is 0 Å². The number of carbonyl (C=O) groups is 4. The lowest BCUT2D eigenvalue weighted by molar-refractivity contribution is -0.131. The average molecular weight is 800 g/mol. The number of likely N-dealkylation sites (tertiary alicyclic amines) is 2. The molecule has 0 saturated carbocycles. The summed E-state index contributed by atoms with van der Waals surface area (Å²) in [6.45, 7) is 13.4. The van der Waals surface area contributed by atoms with Gasteiger partial charge in [-0.05, 0) is 37.8 Å². The van der Waals surface area contributed by atoms with Crippen LogP contribution in [0.15, 0.2) is 43.4 Å². The van der Waals surface area contributed by atoms with Crippen LogP contribution < -0.4 is 10.6 Å². The number of hydrogen-bond donors (Lipinski definition) is 4. The first kappa shape index (κ1) is 43.8. The van der Waals surface area contributed by atoms with Gasteiger partial charge in [-0.2, -0.15) is 0 Å². The molecule has 0 atom stereocenters. The molecule has 4 amide bonds. The number of H-pyrrole nitrogens is 2. The Bertz CT molecular complexity index is 1790. The van der Waals surface area contributed by atoms with Crippen LogP contribution in [0.2, 0.25) is 0 Å². The van der Waals surface area contributed by atoms with Gasteiger partial charge in [0.2, 0.25) is 17.7 Å². The van der Waals surface area contributed by atoms with Crippen LogP contribution in [-0.4, -0.2) is 105 Å². The largest absolute Gasteiger partial charge is 0.453 e. The number of thiophene rings is 2. The molecule has 14 nitrogen and oxygen atoms in total. The van der Waals surface area contributed by atoms with Gasteiger partial charge in [0, 0.05) is 48.7 Å². The van der Waals surface area contributed by atoms with Crippen LogP contribution in [0, 0.1) is 0 Å². The molecule has 2 aliphatic rings. The number of aromatic amines is 2. The molecular formula is C37H53N9O5S3. The van der Waals surface area contributed by atoms with Crippen molar-refractivity contribution in [3.05, 3.63) is 43.4 Å². The summed E-state index contributed by atoms with van der Waals surface area (Å²) in [6.07, 6.45) is 15.2. The standard InChI is InChI=1S/C15H9N5S3.C8H14N2O3.C8H14N2O2.2C3H8/c1-10(8-3-16-6-19-8)21-12-2-13(22-11(1)12)15-18-5-14(23-15)9-4-17-7-20-9;1-13-8(12)9-6-7(11)10-4-2-3-5-10;1-7(11)9-6-8(12)10-4-2-3-5-10;2*1-3-2/h1-7H,(H,16,19)(H,17,20);2-6H2,1H3,(H,9,12);2-6H2,1H3,(H,9,11);2*3H2,1-2H3. The fourth-order valence-corrected chi connectivity index (χ4v) is 8.26. The topological polar surface area (TPSA) is 178 Å². The number of fused-ring (bicyclic) bond motifs is 1. The molecule has 294 valence electrons. The molecule has 2 saturated heterocycles. The van der Waals surface area contributed by atoms with E-state index in [-0.39, 0.29) is 30.8 Å². The third kappa shape index (κ3) is 14.3. The van der Waals surface area contributed by atoms with Crippen LogP contribution in [0.5, 0.6) is 0 Å². The molecular weight excluding hydrogens is 747 g/mol. The number of hydrogen-bond acceptors (Lipinski definition) is 11. The van der Waals surface area contributed by atoms with Gasteiger partial charge in [-0.25, -0.2) is 19.7 Å². The van der Waals surface area contributed by atoms with E-state index in [0.29, 0.717) is 0 Å². The molecule has 17 heteroatoms. The summed E-state index contributed by atoms with van der Waals surface area (Å²) in [5.74, 6) is -0.159. The first-order chi connectivity index (χ1) is 26.1. The molecule has 54 heavy (non-hydrogen) atoms. The number of nitrogens with one attached hydrogen (secondary N) is 4. The van der Waals surface area contributed by atoms with Gasteiger partial charge >= 0.3 is 6.09 Å². The smallest absolute Gasteiger partial charge is 0.407 e. The lowest BCUT2D eigenvalue weighted by Gasteiger charge is -2.14. The van der Waals surface area contributed by atoms with Crippen molar-refractivity contribution in [1.29, 1.82) is 0 Å². The minimum absolute atomic E-state index is 0.0303. The van der Waals surface area contributed by atoms with Gasteiger partial charge < -0.3 is 35.1 Å². The Labute approximate surface area is 329 Å². The van der Waals surface area contributed by atoms with E-state index in [9.17, 15) is 19.2 Å². The molecule has 2 aliphatic heterocycles. The Balaban J connectivity index is 0.000000217. The van der Waals surface area contributed by atoms with Gasteiger partial charge in [0.1, 0.15) is 11.6 Å². The minimum Gasteiger partial charge on any atom is -0.453 e. The van der Waals surface area contributed by atoms with Crippen molar-refractivity contribution in [2.24, 2.45) is 0 Å². The molecule has 0 aromatic carbocycles. The minimum atomic E-state index is -0.562. The van der Waals surface area contributed by atoms with Gasteiger partial charge in [0.15, 0.2) is 0 Å². The lowest BCUT2D eigenvalue weighted by Crippen LogP contribution is -2.38. The van der Waals surface area contributed by atoms with Gasteiger partial charge in [0.25, 0.3) is 0 Å². The Morgan fingerprint density at radius 3 is 1.63 bits per heavy atom. The maximum Gasteiger partial charge on any atom is 0.407 e. The Hall–Kier alpha value is -4.61. The summed E-state index contributed by atoms with van der Waals surface area (Å²) in [5.41, 5.74) is 2.07. The maximum absolute atomic E-state index is 11.3. The Kier molecular flexibility index (Phi) is 19.4. The molecule has 0 radical (unpaired) electrons. The van der Waals surface area contributed by atoms with Crippen LogP contribution in [0.25, 0.3) is 40.4 Å². The summed E-state index contributed by atoms with van der Waals surface area (Å²) in [7, 11) is 1.27. The summed E-state index contributed by atoms with van der Waals surface area (Å²) in [6, 6.07) is 4.44. The molecule has 7 heterocycles. The van der Waals surface area contributed by atoms with Gasteiger partial charge in [-0.1, -0.05) is 40.5 Å². The average Bonchev–Trinajstić information content (AvgIpc) is 4.01. The monoisotopic (exact) mass is 799 g/mol. The highest BCUT2D eigenvalue weighted by Crippen LogP contribution is 2.42. The predicted molar refractivity (Wildman–Crippen MR) is 219 cm³/mol. The number of carbonyl (C=O) groups excluding carboxylic acids is 4. The van der Waals surface area contributed by atoms with Gasteiger partial charge in [-0.15, -0.1) is 34.0 Å². The molecule has 7 rings (SSSR count). The van der Waals surface area contributed by atoms with Crippen molar-refractivity contribution >= 4 is 67.2 Å². The number of alkyl carbamates (subject to hydrolysis) is 1. The zero-order valence-corrected chi connectivity index (χ0v) is 34.5. The van der Waals surface area contributed by atoms with Crippen molar-refractivity contribution in [3.8, 4) is 31.0 Å². The second kappa shape index (κ2) is 23.9.